The summed E-state index contributed by atoms with van der Waals surface area (Å²) in [4.78, 5) is 0.342. The molecule has 1 aliphatic heterocycles. The number of rotatable bonds is 4. The number of aliphatic hydroxyl groups is 1. The molecule has 0 aromatic heterocycles. The van der Waals surface area contributed by atoms with Gasteiger partial charge in [0.15, 0.2) is 0 Å². The maximum Gasteiger partial charge on any atom is 0.243 e. The van der Waals surface area contributed by atoms with Gasteiger partial charge in [0.2, 0.25) is 10.0 Å². The standard InChI is InChI=1S/C13H19NO3S/c15-11-9-12-6-4-5-10-14(12)18(16,17)13-7-2-1-3-8-13/h1-3,7-8,12,15H,4-6,9-11H2. The number of aliphatic hydroxyl groups excluding tert-OH is 1. The van der Waals surface area contributed by atoms with Crippen molar-refractivity contribution in [2.24, 2.45) is 0 Å². The quantitative estimate of drug-likeness (QED) is 0.903. The molecular formula is C13H19NO3S. The van der Waals surface area contributed by atoms with E-state index in [-0.39, 0.29) is 12.6 Å². The molecule has 1 aromatic carbocycles. The van der Waals surface area contributed by atoms with E-state index in [4.69, 9.17) is 5.11 Å². The Morgan fingerprint density at radius 1 is 1.22 bits per heavy atom. The van der Waals surface area contributed by atoms with Crippen LogP contribution < -0.4 is 0 Å². The molecule has 1 fully saturated rings. The van der Waals surface area contributed by atoms with Gasteiger partial charge in [0.05, 0.1) is 4.90 Å². The minimum Gasteiger partial charge on any atom is -0.396 e. The zero-order valence-electron chi connectivity index (χ0n) is 10.3. The minimum atomic E-state index is -3.41. The van der Waals surface area contributed by atoms with Crippen molar-refractivity contribution in [3.8, 4) is 0 Å². The zero-order chi connectivity index (χ0) is 13.0. The summed E-state index contributed by atoms with van der Waals surface area (Å²) in [6, 6.07) is 8.46. The van der Waals surface area contributed by atoms with Gasteiger partial charge in [-0.15, -0.1) is 0 Å². The number of hydrogen-bond acceptors (Lipinski definition) is 3. The van der Waals surface area contributed by atoms with Gasteiger partial charge in [0.1, 0.15) is 0 Å². The Morgan fingerprint density at radius 2 is 1.94 bits per heavy atom. The van der Waals surface area contributed by atoms with Crippen LogP contribution in [-0.4, -0.2) is 37.0 Å². The van der Waals surface area contributed by atoms with Gasteiger partial charge in [0.25, 0.3) is 0 Å². The minimum absolute atomic E-state index is 0.0332. The molecule has 0 saturated carbocycles. The smallest absolute Gasteiger partial charge is 0.243 e. The fourth-order valence-corrected chi connectivity index (χ4v) is 4.20. The molecule has 4 nitrogen and oxygen atoms in total. The Hall–Kier alpha value is -0.910. The molecule has 1 saturated heterocycles. The third kappa shape index (κ3) is 2.74. The van der Waals surface area contributed by atoms with E-state index in [0.29, 0.717) is 17.9 Å². The molecule has 0 aliphatic carbocycles. The maximum absolute atomic E-state index is 12.5. The second kappa shape index (κ2) is 5.82. The molecule has 2 rings (SSSR count). The molecule has 0 amide bonds. The van der Waals surface area contributed by atoms with Crippen LogP contribution in [0.25, 0.3) is 0 Å². The molecule has 1 aliphatic rings. The Labute approximate surface area is 108 Å². The first-order chi connectivity index (χ1) is 8.66. The van der Waals surface area contributed by atoms with E-state index in [1.54, 1.807) is 34.6 Å². The van der Waals surface area contributed by atoms with E-state index in [2.05, 4.69) is 0 Å². The predicted molar refractivity (Wildman–Crippen MR) is 69.7 cm³/mol. The summed E-state index contributed by atoms with van der Waals surface area (Å²) < 4.78 is 26.6. The van der Waals surface area contributed by atoms with Crippen LogP contribution in [0.15, 0.2) is 35.2 Å². The van der Waals surface area contributed by atoms with E-state index < -0.39 is 10.0 Å². The topological polar surface area (TPSA) is 57.6 Å². The lowest BCUT2D eigenvalue weighted by Crippen LogP contribution is -2.44. The predicted octanol–water partition coefficient (Wildman–Crippen LogP) is 1.61. The van der Waals surface area contributed by atoms with Crippen LogP contribution in [0, 0.1) is 0 Å². The molecule has 1 unspecified atom stereocenters. The van der Waals surface area contributed by atoms with Gasteiger partial charge in [-0.3, -0.25) is 0 Å². The van der Waals surface area contributed by atoms with Gasteiger partial charge < -0.3 is 5.11 Å². The summed E-state index contributed by atoms with van der Waals surface area (Å²) in [6.07, 6.45) is 3.29. The van der Waals surface area contributed by atoms with Gasteiger partial charge in [0, 0.05) is 19.2 Å². The fourth-order valence-electron chi connectivity index (χ4n) is 2.46. The van der Waals surface area contributed by atoms with Crippen LogP contribution in [0.2, 0.25) is 0 Å². The van der Waals surface area contributed by atoms with Gasteiger partial charge in [-0.05, 0) is 31.4 Å². The van der Waals surface area contributed by atoms with E-state index in [1.165, 1.54) is 0 Å². The molecule has 0 bridgehead atoms. The molecule has 100 valence electrons. The third-order valence-corrected chi connectivity index (χ3v) is 5.35. The van der Waals surface area contributed by atoms with Crippen LogP contribution in [0.4, 0.5) is 0 Å². The number of sulfonamides is 1. The van der Waals surface area contributed by atoms with Crippen molar-refractivity contribution in [2.75, 3.05) is 13.2 Å². The van der Waals surface area contributed by atoms with Gasteiger partial charge >= 0.3 is 0 Å². The van der Waals surface area contributed by atoms with Crippen molar-refractivity contribution in [1.29, 1.82) is 0 Å². The van der Waals surface area contributed by atoms with Crippen molar-refractivity contribution >= 4 is 10.0 Å². The van der Waals surface area contributed by atoms with E-state index >= 15 is 0 Å². The van der Waals surface area contributed by atoms with Crippen molar-refractivity contribution in [2.45, 2.75) is 36.6 Å². The van der Waals surface area contributed by atoms with Crippen LogP contribution in [0.3, 0.4) is 0 Å². The van der Waals surface area contributed by atoms with E-state index in [1.807, 2.05) is 0 Å². The largest absolute Gasteiger partial charge is 0.396 e. The molecule has 0 spiro atoms. The summed E-state index contributed by atoms with van der Waals surface area (Å²) in [6.45, 7) is 0.591. The zero-order valence-corrected chi connectivity index (χ0v) is 11.1. The first-order valence-corrected chi connectivity index (χ1v) is 7.78. The molecule has 1 heterocycles. The van der Waals surface area contributed by atoms with Gasteiger partial charge in [-0.1, -0.05) is 24.6 Å². The van der Waals surface area contributed by atoms with Crippen LogP contribution in [-0.2, 0) is 10.0 Å². The lowest BCUT2D eigenvalue weighted by Gasteiger charge is -2.34. The van der Waals surface area contributed by atoms with Crippen molar-refractivity contribution in [3.63, 3.8) is 0 Å². The van der Waals surface area contributed by atoms with Gasteiger partial charge in [-0.2, -0.15) is 4.31 Å². The van der Waals surface area contributed by atoms with Crippen molar-refractivity contribution in [3.05, 3.63) is 30.3 Å². The van der Waals surface area contributed by atoms with E-state index in [0.717, 1.165) is 19.3 Å². The summed E-state index contributed by atoms with van der Waals surface area (Å²) in [7, 11) is -3.41. The highest BCUT2D eigenvalue weighted by Gasteiger charge is 2.32. The van der Waals surface area contributed by atoms with Crippen LogP contribution >= 0.6 is 0 Å². The monoisotopic (exact) mass is 269 g/mol. The number of benzene rings is 1. The third-order valence-electron chi connectivity index (χ3n) is 3.39. The normalized spacial score (nSPS) is 21.9. The lowest BCUT2D eigenvalue weighted by atomic mass is 10.0. The van der Waals surface area contributed by atoms with E-state index in [9.17, 15) is 8.42 Å². The molecule has 0 radical (unpaired) electrons. The Balaban J connectivity index is 2.27. The Morgan fingerprint density at radius 3 is 2.61 bits per heavy atom. The Bertz CT molecular complexity index is 470. The Kier molecular flexibility index (Phi) is 4.37. The SMILES string of the molecule is O=S(=O)(c1ccccc1)N1CCCCC1CCO. The lowest BCUT2D eigenvalue weighted by molar-refractivity contribution is 0.192. The maximum atomic E-state index is 12.5. The first-order valence-electron chi connectivity index (χ1n) is 6.34. The highest BCUT2D eigenvalue weighted by atomic mass is 32.2. The number of nitrogens with zero attached hydrogens (tertiary/aromatic N) is 1. The first kappa shape index (κ1) is 13.5. The molecule has 1 atom stereocenters. The molecular weight excluding hydrogens is 250 g/mol. The highest BCUT2D eigenvalue weighted by Crippen LogP contribution is 2.26. The van der Waals surface area contributed by atoms with Crippen molar-refractivity contribution in [1.82, 2.24) is 4.31 Å². The molecule has 18 heavy (non-hydrogen) atoms. The average molecular weight is 269 g/mol. The summed E-state index contributed by atoms with van der Waals surface area (Å²) >= 11 is 0. The average Bonchev–Trinajstić information content (AvgIpc) is 2.41. The van der Waals surface area contributed by atoms with Crippen LogP contribution in [0.1, 0.15) is 25.7 Å². The number of hydrogen-bond donors (Lipinski definition) is 1. The summed E-state index contributed by atoms with van der Waals surface area (Å²) in [5, 5.41) is 9.05. The molecule has 1 N–H and O–H groups in total. The summed E-state index contributed by atoms with van der Waals surface area (Å²) in [5.41, 5.74) is 0. The van der Waals surface area contributed by atoms with Crippen LogP contribution in [0.5, 0.6) is 0 Å². The second-order valence-corrected chi connectivity index (χ2v) is 6.48. The number of piperidine rings is 1. The second-order valence-electron chi connectivity index (χ2n) is 4.59. The molecule has 1 aromatic rings. The van der Waals surface area contributed by atoms with Gasteiger partial charge in [-0.25, -0.2) is 8.42 Å². The molecule has 5 heteroatoms. The van der Waals surface area contributed by atoms with Crippen molar-refractivity contribution < 1.29 is 13.5 Å². The fraction of sp³-hybridized carbons (Fsp3) is 0.538. The highest BCUT2D eigenvalue weighted by molar-refractivity contribution is 7.89. The summed E-state index contributed by atoms with van der Waals surface area (Å²) in [5.74, 6) is 0.